The lowest BCUT2D eigenvalue weighted by Crippen LogP contribution is -2.35. The van der Waals surface area contributed by atoms with E-state index in [1.165, 1.54) is 12.2 Å². The molecule has 4 heteroatoms. The number of hydrogen-bond donors (Lipinski definition) is 1. The molecule has 1 heterocycles. The smallest absolute Gasteiger partial charge is 0.0547 e. The van der Waals surface area contributed by atoms with E-state index in [4.69, 9.17) is 4.98 Å². The summed E-state index contributed by atoms with van der Waals surface area (Å²) in [5, 5.41) is 3.49. The molecule has 0 aromatic carbocycles. The third-order valence-electron chi connectivity index (χ3n) is 3.53. The highest BCUT2D eigenvalue weighted by molar-refractivity contribution is 7.98. The molecule has 0 saturated carbocycles. The monoisotopic (exact) mass is 309 g/mol. The van der Waals surface area contributed by atoms with Crippen LogP contribution in [-0.2, 0) is 13.1 Å². The molecule has 120 valence electrons. The highest BCUT2D eigenvalue weighted by atomic mass is 32.2. The molecule has 1 unspecified atom stereocenters. The van der Waals surface area contributed by atoms with Crippen molar-refractivity contribution in [2.24, 2.45) is 0 Å². The quantitative estimate of drug-likeness (QED) is 0.795. The van der Waals surface area contributed by atoms with Gasteiger partial charge in [-0.15, -0.1) is 0 Å². The molecular weight excluding hydrogens is 278 g/mol. The van der Waals surface area contributed by atoms with E-state index in [1.807, 2.05) is 11.8 Å². The molecule has 0 amide bonds. The van der Waals surface area contributed by atoms with E-state index in [2.05, 4.69) is 69.4 Å². The van der Waals surface area contributed by atoms with Gasteiger partial charge in [0, 0.05) is 30.4 Å². The highest BCUT2D eigenvalue weighted by Crippen LogP contribution is 2.12. The van der Waals surface area contributed by atoms with Gasteiger partial charge in [0.15, 0.2) is 0 Å². The lowest BCUT2D eigenvalue weighted by molar-refractivity contribution is 0.245. The minimum absolute atomic E-state index is 0.125. The van der Waals surface area contributed by atoms with Crippen molar-refractivity contribution in [1.29, 1.82) is 0 Å². The topological polar surface area (TPSA) is 28.2 Å². The molecule has 1 aromatic heterocycles. The maximum atomic E-state index is 4.78. The summed E-state index contributed by atoms with van der Waals surface area (Å²) in [5.74, 6) is 1.18. The number of rotatable bonds is 8. The molecule has 1 N–H and O–H groups in total. The fraction of sp³-hybridized carbons (Fsp3) is 0.706. The van der Waals surface area contributed by atoms with Crippen LogP contribution >= 0.6 is 11.8 Å². The summed E-state index contributed by atoms with van der Waals surface area (Å²) < 4.78 is 0. The largest absolute Gasteiger partial charge is 0.306 e. The van der Waals surface area contributed by atoms with Gasteiger partial charge in [-0.05, 0) is 52.6 Å². The Bertz CT molecular complexity index is 415. The number of thioether (sulfide) groups is 1. The molecule has 1 rings (SSSR count). The van der Waals surface area contributed by atoms with Crippen LogP contribution in [0.2, 0.25) is 0 Å². The third kappa shape index (κ3) is 7.30. The average Bonchev–Trinajstić information content (AvgIpc) is 2.42. The molecule has 0 bridgehead atoms. The molecule has 0 aliphatic rings. The molecule has 21 heavy (non-hydrogen) atoms. The standard InChI is InChI=1S/C17H31N3S/c1-7-16(13-21-6)20(5)12-15-10-8-9-14(19-15)11-18-17(2,3)4/h8-10,16,18H,7,11-13H2,1-6H3. The van der Waals surface area contributed by atoms with Crippen LogP contribution in [0.25, 0.3) is 0 Å². The van der Waals surface area contributed by atoms with E-state index >= 15 is 0 Å². The van der Waals surface area contributed by atoms with Crippen molar-refractivity contribution in [2.75, 3.05) is 19.1 Å². The second-order valence-corrected chi connectivity index (χ2v) is 7.57. The van der Waals surface area contributed by atoms with Gasteiger partial charge in [0.25, 0.3) is 0 Å². The van der Waals surface area contributed by atoms with Crippen molar-refractivity contribution < 1.29 is 0 Å². The number of nitrogens with one attached hydrogen (secondary N) is 1. The van der Waals surface area contributed by atoms with Crippen LogP contribution in [0.5, 0.6) is 0 Å². The minimum Gasteiger partial charge on any atom is -0.306 e. The van der Waals surface area contributed by atoms with Crippen molar-refractivity contribution in [2.45, 2.75) is 58.8 Å². The van der Waals surface area contributed by atoms with Gasteiger partial charge in [0.2, 0.25) is 0 Å². The van der Waals surface area contributed by atoms with Crippen molar-refractivity contribution in [3.8, 4) is 0 Å². The SMILES string of the molecule is CCC(CSC)N(C)Cc1cccc(CNC(C)(C)C)n1. The summed E-state index contributed by atoms with van der Waals surface area (Å²) >= 11 is 1.92. The molecule has 0 saturated heterocycles. The van der Waals surface area contributed by atoms with Crippen molar-refractivity contribution in [1.82, 2.24) is 15.2 Å². The second-order valence-electron chi connectivity index (χ2n) is 6.66. The fourth-order valence-corrected chi connectivity index (χ4v) is 3.08. The number of hydrogen-bond acceptors (Lipinski definition) is 4. The predicted octanol–water partition coefficient (Wildman–Crippen LogP) is 3.54. The maximum absolute atomic E-state index is 4.78. The van der Waals surface area contributed by atoms with Gasteiger partial charge in [0.1, 0.15) is 0 Å². The molecule has 0 radical (unpaired) electrons. The van der Waals surface area contributed by atoms with E-state index in [9.17, 15) is 0 Å². The first kappa shape index (κ1) is 18.5. The first-order chi connectivity index (χ1) is 9.85. The summed E-state index contributed by atoms with van der Waals surface area (Å²) in [5.41, 5.74) is 2.40. The molecule has 0 aliphatic carbocycles. The van der Waals surface area contributed by atoms with Gasteiger partial charge < -0.3 is 5.32 Å². The van der Waals surface area contributed by atoms with Crippen molar-refractivity contribution in [3.63, 3.8) is 0 Å². The van der Waals surface area contributed by atoms with Gasteiger partial charge in [-0.3, -0.25) is 9.88 Å². The van der Waals surface area contributed by atoms with Crippen molar-refractivity contribution >= 4 is 11.8 Å². The third-order valence-corrected chi connectivity index (χ3v) is 4.25. The van der Waals surface area contributed by atoms with Crippen LogP contribution in [0.3, 0.4) is 0 Å². The lowest BCUT2D eigenvalue weighted by atomic mass is 10.1. The Hall–Kier alpha value is -0.580. The Kier molecular flexibility index (Phi) is 7.71. The van der Waals surface area contributed by atoms with Crippen LogP contribution in [0.15, 0.2) is 18.2 Å². The summed E-state index contributed by atoms with van der Waals surface area (Å²) in [4.78, 5) is 7.20. The number of nitrogens with zero attached hydrogens (tertiary/aromatic N) is 2. The Morgan fingerprint density at radius 1 is 1.29 bits per heavy atom. The maximum Gasteiger partial charge on any atom is 0.0547 e. The second kappa shape index (κ2) is 8.76. The van der Waals surface area contributed by atoms with E-state index in [-0.39, 0.29) is 5.54 Å². The molecular formula is C17H31N3S. The lowest BCUT2D eigenvalue weighted by Gasteiger charge is -2.26. The van der Waals surface area contributed by atoms with Gasteiger partial charge in [-0.25, -0.2) is 0 Å². The highest BCUT2D eigenvalue weighted by Gasteiger charge is 2.13. The van der Waals surface area contributed by atoms with Crippen molar-refractivity contribution in [3.05, 3.63) is 29.6 Å². The Balaban J connectivity index is 2.63. The molecule has 0 aliphatic heterocycles. The molecule has 3 nitrogen and oxygen atoms in total. The zero-order chi connectivity index (χ0) is 15.9. The first-order valence-electron chi connectivity index (χ1n) is 7.74. The summed E-state index contributed by atoms with van der Waals surface area (Å²) in [7, 11) is 2.20. The van der Waals surface area contributed by atoms with E-state index in [1.54, 1.807) is 0 Å². The summed E-state index contributed by atoms with van der Waals surface area (Å²) in [6, 6.07) is 6.97. The van der Waals surface area contributed by atoms with Crippen LogP contribution in [0, 0.1) is 0 Å². The Morgan fingerprint density at radius 2 is 1.95 bits per heavy atom. The summed E-state index contributed by atoms with van der Waals surface area (Å²) in [6.07, 6.45) is 3.36. The normalized spacial score (nSPS) is 13.7. The average molecular weight is 310 g/mol. The minimum atomic E-state index is 0.125. The van der Waals surface area contributed by atoms with Crippen LogP contribution in [0.1, 0.15) is 45.5 Å². The van der Waals surface area contributed by atoms with E-state index in [0.717, 1.165) is 24.5 Å². The Labute approximate surface area is 134 Å². The molecule has 1 aromatic rings. The van der Waals surface area contributed by atoms with Crippen LogP contribution in [0.4, 0.5) is 0 Å². The van der Waals surface area contributed by atoms with E-state index in [0.29, 0.717) is 6.04 Å². The number of aromatic nitrogens is 1. The molecule has 0 spiro atoms. The molecule has 1 atom stereocenters. The molecule has 0 fully saturated rings. The zero-order valence-corrected chi connectivity index (χ0v) is 15.3. The fourth-order valence-electron chi connectivity index (χ4n) is 2.21. The van der Waals surface area contributed by atoms with Gasteiger partial charge in [0.05, 0.1) is 11.4 Å². The summed E-state index contributed by atoms with van der Waals surface area (Å²) in [6.45, 7) is 10.5. The number of pyridine rings is 1. The Morgan fingerprint density at radius 3 is 2.52 bits per heavy atom. The van der Waals surface area contributed by atoms with Crippen LogP contribution in [-0.4, -0.2) is 40.5 Å². The van der Waals surface area contributed by atoms with Gasteiger partial charge in [-0.1, -0.05) is 13.0 Å². The predicted molar refractivity (Wildman–Crippen MR) is 94.8 cm³/mol. The van der Waals surface area contributed by atoms with Crippen LogP contribution < -0.4 is 5.32 Å². The van der Waals surface area contributed by atoms with E-state index < -0.39 is 0 Å². The van der Waals surface area contributed by atoms with Gasteiger partial charge >= 0.3 is 0 Å². The first-order valence-corrected chi connectivity index (χ1v) is 9.14. The van der Waals surface area contributed by atoms with Gasteiger partial charge in [-0.2, -0.15) is 11.8 Å². The zero-order valence-electron chi connectivity index (χ0n) is 14.4.